The average Bonchev–Trinajstić information content (AvgIpc) is 3.12. The molecule has 3 rings (SSSR count). The highest BCUT2D eigenvalue weighted by Gasteiger charge is 2.42. The maximum Gasteiger partial charge on any atom is 0.143 e. The fourth-order valence-electron chi connectivity index (χ4n) is 3.59. The minimum absolute atomic E-state index is 0.240. The summed E-state index contributed by atoms with van der Waals surface area (Å²) in [4.78, 5) is 12.5. The van der Waals surface area contributed by atoms with E-state index in [9.17, 15) is 4.79 Å². The van der Waals surface area contributed by atoms with Crippen molar-refractivity contribution in [2.24, 2.45) is 5.92 Å². The number of nitrogens with zero attached hydrogens (tertiary/aromatic N) is 2. The van der Waals surface area contributed by atoms with E-state index in [1.54, 1.807) is 0 Å². The molecule has 0 aromatic carbocycles. The topological polar surface area (TPSA) is 46.9 Å². The van der Waals surface area contributed by atoms with Gasteiger partial charge in [-0.15, -0.1) is 0 Å². The second kappa shape index (κ2) is 5.08. The Balaban J connectivity index is 1.70. The summed E-state index contributed by atoms with van der Waals surface area (Å²) < 4.78 is 1.98. The van der Waals surface area contributed by atoms with E-state index < -0.39 is 0 Å². The first-order valence-corrected chi connectivity index (χ1v) is 7.55. The van der Waals surface area contributed by atoms with Crippen molar-refractivity contribution in [1.29, 1.82) is 0 Å². The maximum atomic E-state index is 12.5. The molecule has 19 heavy (non-hydrogen) atoms. The van der Waals surface area contributed by atoms with Crippen LogP contribution in [0.25, 0.3) is 0 Å². The standard InChI is InChI=1S/C15H23N3O/c1-3-10-7-12(18(4-2)17-10)9-15(19)13-8-11-5-6-14(13)16-11/h7,11,13-14,16H,3-6,8-9H2,1-2H3. The van der Waals surface area contributed by atoms with Crippen molar-refractivity contribution in [1.82, 2.24) is 15.1 Å². The number of rotatable bonds is 5. The van der Waals surface area contributed by atoms with Crippen LogP contribution in [-0.2, 0) is 24.2 Å². The Morgan fingerprint density at radius 2 is 2.32 bits per heavy atom. The Bertz CT molecular complexity index is 480. The fraction of sp³-hybridized carbons (Fsp3) is 0.733. The van der Waals surface area contributed by atoms with E-state index in [1.165, 1.54) is 12.8 Å². The van der Waals surface area contributed by atoms with Crippen molar-refractivity contribution >= 4 is 5.78 Å². The number of aryl methyl sites for hydroxylation is 2. The largest absolute Gasteiger partial charge is 0.310 e. The number of fused-ring (bicyclic) bond motifs is 2. The van der Waals surface area contributed by atoms with Crippen LogP contribution in [0.3, 0.4) is 0 Å². The molecular weight excluding hydrogens is 238 g/mol. The smallest absolute Gasteiger partial charge is 0.143 e. The van der Waals surface area contributed by atoms with E-state index in [4.69, 9.17) is 0 Å². The zero-order chi connectivity index (χ0) is 13.4. The molecule has 3 heterocycles. The Hall–Kier alpha value is -1.16. The monoisotopic (exact) mass is 261 g/mol. The summed E-state index contributed by atoms with van der Waals surface area (Å²) in [5, 5.41) is 8.07. The van der Waals surface area contributed by atoms with Crippen molar-refractivity contribution in [2.45, 2.75) is 64.6 Å². The van der Waals surface area contributed by atoms with Gasteiger partial charge in [-0.1, -0.05) is 6.92 Å². The second-order valence-corrected chi connectivity index (χ2v) is 5.83. The molecule has 0 radical (unpaired) electrons. The Morgan fingerprint density at radius 3 is 2.89 bits per heavy atom. The number of Topliss-reactive ketones (excluding diaryl/α,β-unsaturated/α-hetero) is 1. The molecule has 2 saturated heterocycles. The van der Waals surface area contributed by atoms with E-state index in [0.717, 1.165) is 30.8 Å². The normalized spacial score (nSPS) is 29.1. The third-order valence-corrected chi connectivity index (χ3v) is 4.64. The molecule has 0 spiro atoms. The number of ketones is 1. The lowest BCUT2D eigenvalue weighted by Crippen LogP contribution is -2.30. The highest BCUT2D eigenvalue weighted by Crippen LogP contribution is 2.34. The predicted molar refractivity (Wildman–Crippen MR) is 74.0 cm³/mol. The van der Waals surface area contributed by atoms with Gasteiger partial charge in [0.25, 0.3) is 0 Å². The molecule has 0 aliphatic carbocycles. The van der Waals surface area contributed by atoms with Crippen LogP contribution in [0, 0.1) is 5.92 Å². The molecule has 3 atom stereocenters. The highest BCUT2D eigenvalue weighted by atomic mass is 16.1. The van der Waals surface area contributed by atoms with E-state index in [1.807, 2.05) is 4.68 Å². The average molecular weight is 261 g/mol. The van der Waals surface area contributed by atoms with Crippen LogP contribution in [0.4, 0.5) is 0 Å². The van der Waals surface area contributed by atoms with Gasteiger partial charge in [0.05, 0.1) is 5.69 Å². The molecule has 0 saturated carbocycles. The Labute approximate surface area is 114 Å². The van der Waals surface area contributed by atoms with Crippen LogP contribution in [0.15, 0.2) is 6.07 Å². The summed E-state index contributed by atoms with van der Waals surface area (Å²) >= 11 is 0. The summed E-state index contributed by atoms with van der Waals surface area (Å²) in [5.41, 5.74) is 2.18. The van der Waals surface area contributed by atoms with Crippen molar-refractivity contribution in [3.8, 4) is 0 Å². The van der Waals surface area contributed by atoms with Gasteiger partial charge in [-0.25, -0.2) is 0 Å². The Kier molecular flexibility index (Phi) is 3.44. The second-order valence-electron chi connectivity index (χ2n) is 5.83. The molecule has 2 bridgehead atoms. The molecule has 2 aliphatic heterocycles. The number of nitrogens with one attached hydrogen (secondary N) is 1. The molecule has 4 heteroatoms. The van der Waals surface area contributed by atoms with Crippen molar-refractivity contribution < 1.29 is 4.79 Å². The summed E-state index contributed by atoms with van der Waals surface area (Å²) in [6.45, 7) is 5.03. The van der Waals surface area contributed by atoms with E-state index in [-0.39, 0.29) is 5.92 Å². The van der Waals surface area contributed by atoms with E-state index in [0.29, 0.717) is 24.3 Å². The van der Waals surface area contributed by atoms with Crippen LogP contribution in [0.1, 0.15) is 44.5 Å². The highest BCUT2D eigenvalue weighted by molar-refractivity contribution is 5.84. The van der Waals surface area contributed by atoms with Crippen molar-refractivity contribution in [2.75, 3.05) is 0 Å². The van der Waals surface area contributed by atoms with Crippen LogP contribution < -0.4 is 5.32 Å². The van der Waals surface area contributed by atoms with Crippen molar-refractivity contribution in [3.63, 3.8) is 0 Å². The summed E-state index contributed by atoms with van der Waals surface area (Å²) in [7, 11) is 0. The Morgan fingerprint density at radius 1 is 1.47 bits per heavy atom. The number of hydrogen-bond donors (Lipinski definition) is 1. The molecule has 4 nitrogen and oxygen atoms in total. The first kappa shape index (κ1) is 12.9. The number of hydrogen-bond acceptors (Lipinski definition) is 3. The van der Waals surface area contributed by atoms with Crippen LogP contribution in [-0.4, -0.2) is 27.6 Å². The number of carbonyl (C=O) groups excluding carboxylic acids is 1. The van der Waals surface area contributed by atoms with Gasteiger partial charge in [-0.05, 0) is 38.7 Å². The lowest BCUT2D eigenvalue weighted by molar-refractivity contribution is -0.122. The first-order valence-electron chi connectivity index (χ1n) is 7.55. The minimum Gasteiger partial charge on any atom is -0.310 e. The minimum atomic E-state index is 0.240. The molecule has 104 valence electrons. The van der Waals surface area contributed by atoms with E-state index in [2.05, 4.69) is 30.3 Å². The van der Waals surface area contributed by atoms with Crippen LogP contribution in [0.2, 0.25) is 0 Å². The third-order valence-electron chi connectivity index (χ3n) is 4.64. The molecule has 1 aromatic heterocycles. The third kappa shape index (κ3) is 2.34. The fourth-order valence-corrected chi connectivity index (χ4v) is 3.59. The molecule has 3 unspecified atom stereocenters. The number of carbonyl (C=O) groups is 1. The van der Waals surface area contributed by atoms with Gasteiger partial charge >= 0.3 is 0 Å². The first-order chi connectivity index (χ1) is 9.21. The van der Waals surface area contributed by atoms with Gasteiger partial charge in [0.15, 0.2) is 0 Å². The summed E-state index contributed by atoms with van der Waals surface area (Å²) in [6.07, 6.45) is 4.96. The molecular formula is C15H23N3O. The van der Waals surface area contributed by atoms with Crippen LogP contribution in [0.5, 0.6) is 0 Å². The predicted octanol–water partition coefficient (Wildman–Crippen LogP) is 1.72. The molecule has 0 amide bonds. The lowest BCUT2D eigenvalue weighted by atomic mass is 9.84. The van der Waals surface area contributed by atoms with Gasteiger partial charge in [0.1, 0.15) is 5.78 Å². The zero-order valence-corrected chi connectivity index (χ0v) is 11.9. The quantitative estimate of drug-likeness (QED) is 0.878. The zero-order valence-electron chi connectivity index (χ0n) is 11.9. The van der Waals surface area contributed by atoms with Crippen molar-refractivity contribution in [3.05, 3.63) is 17.5 Å². The van der Waals surface area contributed by atoms with Crippen LogP contribution >= 0.6 is 0 Å². The van der Waals surface area contributed by atoms with Gasteiger partial charge in [0.2, 0.25) is 0 Å². The van der Waals surface area contributed by atoms with Gasteiger partial charge in [-0.2, -0.15) is 5.10 Å². The molecule has 2 fully saturated rings. The molecule has 1 aromatic rings. The maximum absolute atomic E-state index is 12.5. The number of aromatic nitrogens is 2. The molecule has 2 aliphatic rings. The summed E-state index contributed by atoms with van der Waals surface area (Å²) in [6, 6.07) is 3.14. The SMILES string of the molecule is CCc1cc(CC(=O)C2CC3CCC2N3)n(CC)n1. The van der Waals surface area contributed by atoms with E-state index >= 15 is 0 Å². The lowest BCUT2D eigenvalue weighted by Gasteiger charge is -2.18. The summed E-state index contributed by atoms with van der Waals surface area (Å²) in [5.74, 6) is 0.640. The van der Waals surface area contributed by atoms with Gasteiger partial charge < -0.3 is 5.32 Å². The van der Waals surface area contributed by atoms with Gasteiger partial charge in [0, 0.05) is 36.7 Å². The van der Waals surface area contributed by atoms with Gasteiger partial charge in [-0.3, -0.25) is 9.48 Å². The molecule has 1 N–H and O–H groups in total.